The molecule has 2 fully saturated rings. The molecule has 0 aromatic rings. The predicted molar refractivity (Wildman–Crippen MR) is 62.1 cm³/mol. The van der Waals surface area contributed by atoms with Crippen molar-refractivity contribution in [3.8, 4) is 0 Å². The number of rotatable bonds is 2. The van der Waals surface area contributed by atoms with Crippen LogP contribution in [-0.2, 0) is 9.53 Å². The van der Waals surface area contributed by atoms with Gasteiger partial charge in [-0.3, -0.25) is 4.79 Å². The molecule has 2 nitrogen and oxygen atoms in total. The van der Waals surface area contributed by atoms with E-state index in [1.807, 2.05) is 23.5 Å². The molecule has 0 aromatic carbocycles. The fourth-order valence-electron chi connectivity index (χ4n) is 1.88. The first kappa shape index (κ1) is 10.8. The number of ketones is 1. The molecule has 2 rings (SSSR count). The highest BCUT2D eigenvalue weighted by Gasteiger charge is 2.30. The van der Waals surface area contributed by atoms with E-state index >= 15 is 0 Å². The Balaban J connectivity index is 1.85. The molecule has 0 N–H and O–H groups in total. The number of thioether (sulfide) groups is 2. The van der Waals surface area contributed by atoms with Gasteiger partial charge in [-0.05, 0) is 12.8 Å². The third kappa shape index (κ3) is 2.67. The number of ether oxygens (including phenoxy) is 1. The van der Waals surface area contributed by atoms with Gasteiger partial charge in [-0.25, -0.2) is 0 Å². The third-order valence-electron chi connectivity index (χ3n) is 2.70. The summed E-state index contributed by atoms with van der Waals surface area (Å²) in [7, 11) is 0. The van der Waals surface area contributed by atoms with Gasteiger partial charge in [0.25, 0.3) is 0 Å². The van der Waals surface area contributed by atoms with Crippen LogP contribution in [0.25, 0.3) is 0 Å². The largest absolute Gasteiger partial charge is 0.381 e. The van der Waals surface area contributed by atoms with Crippen molar-refractivity contribution in [1.82, 2.24) is 0 Å². The molecule has 0 amide bonds. The average Bonchev–Trinajstić information content (AvgIpc) is 2.30. The van der Waals surface area contributed by atoms with Crippen molar-refractivity contribution in [3.63, 3.8) is 0 Å². The fourth-order valence-corrected chi connectivity index (χ4v) is 4.60. The van der Waals surface area contributed by atoms with Crippen LogP contribution < -0.4 is 0 Å². The quantitative estimate of drug-likeness (QED) is 0.725. The average molecular weight is 232 g/mol. The normalized spacial score (nSPS) is 34.0. The molecule has 2 atom stereocenters. The van der Waals surface area contributed by atoms with E-state index in [0.29, 0.717) is 12.4 Å². The third-order valence-corrected chi connectivity index (χ3v) is 5.47. The van der Waals surface area contributed by atoms with Crippen molar-refractivity contribution >= 4 is 29.3 Å². The maximum atomic E-state index is 12.0. The van der Waals surface area contributed by atoms with E-state index in [4.69, 9.17) is 4.74 Å². The number of carbonyl (C=O) groups excluding carboxylic acids is 1. The summed E-state index contributed by atoms with van der Waals surface area (Å²) in [5, 5.41) is 0.250. The van der Waals surface area contributed by atoms with E-state index in [1.54, 1.807) is 0 Å². The smallest absolute Gasteiger partial charge is 0.152 e. The van der Waals surface area contributed by atoms with Gasteiger partial charge in [-0.2, -0.15) is 11.8 Å². The van der Waals surface area contributed by atoms with E-state index in [2.05, 4.69) is 0 Å². The summed E-state index contributed by atoms with van der Waals surface area (Å²) in [6.07, 6.45) is 2.10. The molecule has 0 aromatic heterocycles. The summed E-state index contributed by atoms with van der Waals surface area (Å²) >= 11 is 3.75. The molecule has 2 heterocycles. The summed E-state index contributed by atoms with van der Waals surface area (Å²) in [5.41, 5.74) is 0. The summed E-state index contributed by atoms with van der Waals surface area (Å²) in [6, 6.07) is 0. The molecular weight excluding hydrogens is 216 g/mol. The van der Waals surface area contributed by atoms with Crippen molar-refractivity contribution < 1.29 is 9.53 Å². The van der Waals surface area contributed by atoms with Crippen LogP contribution in [0.4, 0.5) is 0 Å². The van der Waals surface area contributed by atoms with Gasteiger partial charge in [-0.15, -0.1) is 11.8 Å². The Morgan fingerprint density at radius 1 is 1.36 bits per heavy atom. The molecule has 2 saturated heterocycles. The number of carbonyl (C=O) groups is 1. The van der Waals surface area contributed by atoms with Crippen molar-refractivity contribution in [2.24, 2.45) is 5.92 Å². The Morgan fingerprint density at radius 3 is 2.93 bits per heavy atom. The first-order valence-corrected chi connectivity index (χ1v) is 7.39. The first-order chi connectivity index (χ1) is 6.88. The summed E-state index contributed by atoms with van der Waals surface area (Å²) < 4.78 is 5.36. The summed E-state index contributed by atoms with van der Waals surface area (Å²) in [6.45, 7) is 1.51. The Labute approximate surface area is 93.5 Å². The van der Waals surface area contributed by atoms with Crippen molar-refractivity contribution in [2.75, 3.05) is 30.5 Å². The lowest BCUT2D eigenvalue weighted by atomic mass is 9.96. The highest BCUT2D eigenvalue weighted by Crippen LogP contribution is 2.28. The topological polar surface area (TPSA) is 26.3 Å². The molecule has 2 aliphatic rings. The molecule has 0 bridgehead atoms. The van der Waals surface area contributed by atoms with Crippen LogP contribution in [0.15, 0.2) is 0 Å². The van der Waals surface area contributed by atoms with Gasteiger partial charge in [0.05, 0.1) is 11.9 Å². The molecule has 14 heavy (non-hydrogen) atoms. The molecular formula is C10H16O2S2. The Hall–Kier alpha value is 0.330. The van der Waals surface area contributed by atoms with Gasteiger partial charge in [-0.1, -0.05) is 0 Å². The van der Waals surface area contributed by atoms with E-state index in [1.165, 1.54) is 5.75 Å². The zero-order chi connectivity index (χ0) is 9.80. The molecule has 0 aliphatic carbocycles. The molecule has 0 saturated carbocycles. The second-order valence-electron chi connectivity index (χ2n) is 3.75. The van der Waals surface area contributed by atoms with Crippen LogP contribution in [0.5, 0.6) is 0 Å². The van der Waals surface area contributed by atoms with Crippen LogP contribution in [-0.4, -0.2) is 41.5 Å². The first-order valence-electron chi connectivity index (χ1n) is 5.19. The highest BCUT2D eigenvalue weighted by molar-refractivity contribution is 8.07. The lowest BCUT2D eigenvalue weighted by molar-refractivity contribution is -0.125. The van der Waals surface area contributed by atoms with Crippen LogP contribution in [0.2, 0.25) is 0 Å². The molecule has 80 valence electrons. The molecule has 2 aliphatic heterocycles. The number of hydrogen-bond acceptors (Lipinski definition) is 4. The lowest BCUT2D eigenvalue weighted by Gasteiger charge is -2.27. The van der Waals surface area contributed by atoms with Gasteiger partial charge in [0, 0.05) is 29.8 Å². The minimum atomic E-state index is 0.194. The fraction of sp³-hybridized carbons (Fsp3) is 0.900. The van der Waals surface area contributed by atoms with Gasteiger partial charge in [0.15, 0.2) is 5.78 Å². The van der Waals surface area contributed by atoms with Gasteiger partial charge in [0.1, 0.15) is 0 Å². The highest BCUT2D eigenvalue weighted by atomic mass is 32.2. The Kier molecular flexibility index (Phi) is 4.20. The second kappa shape index (κ2) is 5.42. The maximum Gasteiger partial charge on any atom is 0.152 e. The van der Waals surface area contributed by atoms with Crippen molar-refractivity contribution in [3.05, 3.63) is 0 Å². The minimum absolute atomic E-state index is 0.194. The van der Waals surface area contributed by atoms with Crippen molar-refractivity contribution in [2.45, 2.75) is 18.1 Å². The standard InChI is InChI=1S/C10H16O2S2/c11-10(8-2-1-3-12-6-8)9-7-13-4-5-14-9/h8-9H,1-7H2. The van der Waals surface area contributed by atoms with Crippen LogP contribution in [0.3, 0.4) is 0 Å². The van der Waals surface area contributed by atoms with Gasteiger partial charge >= 0.3 is 0 Å². The predicted octanol–water partition coefficient (Wildman–Crippen LogP) is 1.83. The van der Waals surface area contributed by atoms with Crippen LogP contribution >= 0.6 is 23.5 Å². The van der Waals surface area contributed by atoms with Gasteiger partial charge in [0.2, 0.25) is 0 Å². The number of Topliss-reactive ketones (excluding diaryl/α,β-unsaturated/α-hetero) is 1. The van der Waals surface area contributed by atoms with Crippen LogP contribution in [0.1, 0.15) is 12.8 Å². The van der Waals surface area contributed by atoms with E-state index in [0.717, 1.165) is 31.0 Å². The SMILES string of the molecule is O=C(C1CCCOC1)C1CSCCS1. The van der Waals surface area contributed by atoms with Gasteiger partial charge < -0.3 is 4.74 Å². The zero-order valence-electron chi connectivity index (χ0n) is 8.24. The lowest BCUT2D eigenvalue weighted by Crippen LogP contribution is -2.34. The molecule has 4 heteroatoms. The number of hydrogen-bond donors (Lipinski definition) is 0. The Morgan fingerprint density at radius 2 is 2.29 bits per heavy atom. The van der Waals surface area contributed by atoms with E-state index in [9.17, 15) is 4.79 Å². The molecule has 0 radical (unpaired) electrons. The summed E-state index contributed by atoms with van der Waals surface area (Å²) in [5.74, 6) is 3.99. The monoisotopic (exact) mass is 232 g/mol. The van der Waals surface area contributed by atoms with Crippen LogP contribution in [0, 0.1) is 5.92 Å². The molecule has 0 spiro atoms. The Bertz CT molecular complexity index is 176. The second-order valence-corrected chi connectivity index (χ2v) is 6.21. The minimum Gasteiger partial charge on any atom is -0.381 e. The molecule has 2 unspecified atom stereocenters. The van der Waals surface area contributed by atoms with E-state index < -0.39 is 0 Å². The van der Waals surface area contributed by atoms with E-state index in [-0.39, 0.29) is 11.2 Å². The van der Waals surface area contributed by atoms with Crippen molar-refractivity contribution in [1.29, 1.82) is 0 Å². The zero-order valence-corrected chi connectivity index (χ0v) is 9.87. The maximum absolute atomic E-state index is 12.0. The summed E-state index contributed by atoms with van der Waals surface area (Å²) in [4.78, 5) is 12.0.